The summed E-state index contributed by atoms with van der Waals surface area (Å²) in [5.74, 6) is 0. The first kappa shape index (κ1) is 24.8. The predicted octanol–water partition coefficient (Wildman–Crippen LogP) is 7.08. The highest BCUT2D eigenvalue weighted by Gasteiger charge is 2.34. The minimum atomic E-state index is -3.08. The second-order valence-electron chi connectivity index (χ2n) is 8.79. The first-order valence-corrected chi connectivity index (χ1v) is 16.4. The van der Waals surface area contributed by atoms with Crippen molar-refractivity contribution in [1.29, 1.82) is 0 Å². The van der Waals surface area contributed by atoms with Gasteiger partial charge in [0, 0.05) is 15.5 Å². The van der Waals surface area contributed by atoms with Crippen LogP contribution in [-0.2, 0) is 4.57 Å². The van der Waals surface area contributed by atoms with E-state index in [1.165, 1.54) is 27.6 Å². The summed E-state index contributed by atoms with van der Waals surface area (Å²) >= 11 is 1.50. The number of benzene rings is 5. The first-order valence-electron chi connectivity index (χ1n) is 12.0. The lowest BCUT2D eigenvalue weighted by atomic mass is 10.2. The van der Waals surface area contributed by atoms with E-state index in [-0.39, 0.29) is 0 Å². The summed E-state index contributed by atoms with van der Waals surface area (Å²) in [7, 11) is -0.893. The minimum Gasteiger partial charge on any atom is -0.302 e. The summed E-state index contributed by atoms with van der Waals surface area (Å²) in [6.45, 7) is 4.15. The van der Waals surface area contributed by atoms with Crippen LogP contribution in [0.3, 0.4) is 0 Å². The zero-order valence-electron chi connectivity index (χ0n) is 20.4. The predicted molar refractivity (Wildman–Crippen MR) is 160 cm³/mol. The molecule has 5 aromatic rings. The molecule has 0 N–H and O–H groups in total. The second kappa shape index (κ2) is 11.0. The summed E-state index contributed by atoms with van der Waals surface area (Å²) in [5, 5.41) is 5.46. The maximum atomic E-state index is 15.3. The molecule has 0 aromatic heterocycles. The zero-order valence-corrected chi connectivity index (χ0v) is 23.0. The van der Waals surface area contributed by atoms with Crippen molar-refractivity contribution in [2.24, 2.45) is 0 Å². The summed E-state index contributed by atoms with van der Waals surface area (Å²) in [6, 6.07) is 46.2. The van der Waals surface area contributed by atoms with Gasteiger partial charge in [0.2, 0.25) is 0 Å². The third-order valence-electron chi connectivity index (χ3n) is 6.10. The van der Waals surface area contributed by atoms with E-state index in [0.717, 1.165) is 26.4 Å². The molecule has 0 saturated heterocycles. The van der Waals surface area contributed by atoms with E-state index in [4.69, 9.17) is 0 Å². The van der Waals surface area contributed by atoms with E-state index in [0.29, 0.717) is 0 Å². The van der Waals surface area contributed by atoms with Crippen molar-refractivity contribution in [3.63, 3.8) is 0 Å². The molecular formula is C32H28OP2S. The average Bonchev–Trinajstić information content (AvgIpc) is 2.92. The van der Waals surface area contributed by atoms with Crippen molar-refractivity contribution in [2.45, 2.75) is 18.7 Å². The van der Waals surface area contributed by atoms with E-state index in [1.807, 2.05) is 18.2 Å². The molecular weight excluding hydrogens is 494 g/mol. The Bertz CT molecular complexity index is 1440. The Hall–Kier alpha value is -2.89. The van der Waals surface area contributed by atoms with Gasteiger partial charge in [-0.05, 0) is 55.9 Å². The molecule has 0 bridgehead atoms. The molecule has 0 aliphatic heterocycles. The van der Waals surface area contributed by atoms with Gasteiger partial charge in [-0.2, -0.15) is 0 Å². The second-order valence-corrected chi connectivity index (χ2v) is 15.8. The molecule has 0 amide bonds. The molecule has 0 saturated carbocycles. The van der Waals surface area contributed by atoms with Crippen LogP contribution in [0.5, 0.6) is 0 Å². The largest absolute Gasteiger partial charge is 0.302 e. The van der Waals surface area contributed by atoms with Gasteiger partial charge in [-0.3, -0.25) is 0 Å². The third kappa shape index (κ3) is 5.28. The summed E-state index contributed by atoms with van der Waals surface area (Å²) in [4.78, 5) is 1.02. The zero-order chi connectivity index (χ0) is 25.0. The van der Waals surface area contributed by atoms with Gasteiger partial charge in [-0.15, -0.1) is 0 Å². The smallest absolute Gasteiger partial charge is 0.200 e. The maximum Gasteiger partial charge on any atom is 0.200 e. The molecule has 0 heterocycles. The van der Waals surface area contributed by atoms with Crippen LogP contribution < -0.4 is 26.5 Å². The monoisotopic (exact) mass is 522 g/mol. The molecule has 4 heteroatoms. The Balaban J connectivity index is 1.74. The fourth-order valence-electron chi connectivity index (χ4n) is 4.21. The normalized spacial score (nSPS) is 12.9. The molecule has 1 atom stereocenters. The molecule has 178 valence electrons. The molecule has 0 aliphatic carbocycles. The highest BCUT2D eigenvalue weighted by molar-refractivity contribution is 8.62. The van der Waals surface area contributed by atoms with Gasteiger partial charge in [-0.25, -0.2) is 0 Å². The van der Waals surface area contributed by atoms with Gasteiger partial charge in [0.1, 0.15) is 0 Å². The van der Waals surface area contributed by atoms with Crippen LogP contribution in [0.1, 0.15) is 11.1 Å². The highest BCUT2D eigenvalue weighted by Crippen LogP contribution is 2.60. The van der Waals surface area contributed by atoms with E-state index in [2.05, 4.69) is 129 Å². The number of hydrogen-bond donors (Lipinski definition) is 0. The molecule has 1 unspecified atom stereocenters. The van der Waals surface area contributed by atoms with Gasteiger partial charge < -0.3 is 4.57 Å². The van der Waals surface area contributed by atoms with Crippen LogP contribution in [0.15, 0.2) is 138 Å². The number of rotatable bonds is 7. The lowest BCUT2D eigenvalue weighted by Gasteiger charge is -2.27. The highest BCUT2D eigenvalue weighted by atomic mass is 32.7. The third-order valence-corrected chi connectivity index (χ3v) is 14.1. The molecule has 0 fully saturated rings. The van der Waals surface area contributed by atoms with Crippen molar-refractivity contribution < 1.29 is 4.57 Å². The van der Waals surface area contributed by atoms with Crippen molar-refractivity contribution in [3.8, 4) is 0 Å². The number of aryl methyl sites for hydroxylation is 2. The van der Waals surface area contributed by atoms with Gasteiger partial charge in [0.15, 0.2) is 6.34 Å². The Morgan fingerprint density at radius 3 is 1.58 bits per heavy atom. The van der Waals surface area contributed by atoms with Crippen molar-refractivity contribution >= 4 is 52.2 Å². The molecule has 0 aliphatic rings. The Labute approximate surface area is 219 Å². The fourth-order valence-corrected chi connectivity index (χ4v) is 12.4. The Kier molecular flexibility index (Phi) is 7.59. The fraction of sp³-hybridized carbons (Fsp3) is 0.0625. The van der Waals surface area contributed by atoms with E-state index < -0.39 is 14.3 Å². The van der Waals surface area contributed by atoms with Crippen LogP contribution in [0.25, 0.3) is 0 Å². The van der Waals surface area contributed by atoms with Crippen LogP contribution in [0.4, 0.5) is 0 Å². The molecule has 5 rings (SSSR count). The summed E-state index contributed by atoms with van der Waals surface area (Å²) < 4.78 is 15.3. The lowest BCUT2D eigenvalue weighted by molar-refractivity contribution is 0.595. The van der Waals surface area contributed by atoms with Crippen LogP contribution in [0.2, 0.25) is 0 Å². The molecule has 0 spiro atoms. The Morgan fingerprint density at radius 1 is 0.556 bits per heavy atom. The Morgan fingerprint density at radius 2 is 1.03 bits per heavy atom. The number of hydrogen-bond acceptors (Lipinski definition) is 2. The van der Waals surface area contributed by atoms with E-state index in [9.17, 15) is 0 Å². The van der Waals surface area contributed by atoms with Gasteiger partial charge >= 0.3 is 0 Å². The lowest BCUT2D eigenvalue weighted by Crippen LogP contribution is -2.32. The molecule has 5 aromatic carbocycles. The minimum absolute atomic E-state index is 0.877. The SMILES string of the molecule is Cc1ccc(SP(=O)(c2ccc(C)cc2)c2ccccc2P(c2ccccc2)c2ccccc2)cc1. The van der Waals surface area contributed by atoms with E-state index >= 15 is 4.57 Å². The van der Waals surface area contributed by atoms with Gasteiger partial charge in [0.25, 0.3) is 0 Å². The molecule has 36 heavy (non-hydrogen) atoms. The van der Waals surface area contributed by atoms with Crippen molar-refractivity contribution in [2.75, 3.05) is 0 Å². The average molecular weight is 523 g/mol. The molecule has 0 radical (unpaired) electrons. The van der Waals surface area contributed by atoms with Gasteiger partial charge in [0.05, 0.1) is 0 Å². The summed E-state index contributed by atoms with van der Waals surface area (Å²) in [6.07, 6.45) is -3.08. The molecule has 1 nitrogen and oxygen atoms in total. The maximum absolute atomic E-state index is 15.3. The quantitative estimate of drug-likeness (QED) is 0.213. The van der Waals surface area contributed by atoms with Crippen molar-refractivity contribution in [3.05, 3.63) is 145 Å². The van der Waals surface area contributed by atoms with Gasteiger partial charge in [-0.1, -0.05) is 138 Å². The van der Waals surface area contributed by atoms with E-state index in [1.54, 1.807) is 0 Å². The topological polar surface area (TPSA) is 17.1 Å². The van der Waals surface area contributed by atoms with Crippen LogP contribution in [-0.4, -0.2) is 0 Å². The summed E-state index contributed by atoms with van der Waals surface area (Å²) in [5.41, 5.74) is 2.36. The first-order chi connectivity index (χ1) is 17.5. The van der Waals surface area contributed by atoms with Crippen molar-refractivity contribution in [1.82, 2.24) is 0 Å². The van der Waals surface area contributed by atoms with Crippen LogP contribution in [0, 0.1) is 13.8 Å². The standard InChI is InChI=1S/C32H28OP2S/c1-25-17-21-29(22-18-25)35(33,36-30-23-19-26(2)20-24-30)32-16-10-9-15-31(32)34(27-11-5-3-6-12-27)28-13-7-4-8-14-28/h3-24H,1-2H3. The van der Waals surface area contributed by atoms with Crippen LogP contribution >= 0.6 is 25.6 Å².